The van der Waals surface area contributed by atoms with Gasteiger partial charge in [0.05, 0.1) is 30.2 Å². The van der Waals surface area contributed by atoms with Gasteiger partial charge in [-0.05, 0) is 48.9 Å². The smallest absolute Gasteiger partial charge is 0.291 e. The maximum absolute atomic E-state index is 8.36. The maximum atomic E-state index is 8.36. The van der Waals surface area contributed by atoms with Crippen LogP contribution in [0.3, 0.4) is 0 Å². The average molecular weight is 699 g/mol. The minimum atomic E-state index is -1.50. The van der Waals surface area contributed by atoms with Gasteiger partial charge in [-0.3, -0.25) is 0 Å². The topological polar surface area (TPSA) is 242 Å². The van der Waals surface area contributed by atoms with Gasteiger partial charge in [-0.15, -0.1) is 20.2 Å². The third-order valence-electron chi connectivity index (χ3n) is 6.21. The fourth-order valence-corrected chi connectivity index (χ4v) is 4.82. The number of unbranched alkanes of at least 4 members (excludes halogenated alkanes) is 1. The second kappa shape index (κ2) is 19.0. The molecule has 5 N–H and O–H groups in total. The molecule has 0 radical (unpaired) electrons. The van der Waals surface area contributed by atoms with Crippen molar-refractivity contribution in [3.05, 3.63) is 109 Å². The summed E-state index contributed by atoms with van der Waals surface area (Å²) >= 11 is 12.7. The highest BCUT2D eigenvalue weighted by atomic mass is 35.5. The van der Waals surface area contributed by atoms with E-state index in [4.69, 9.17) is 68.1 Å². The molecule has 2 atom stereocenters. The summed E-state index contributed by atoms with van der Waals surface area (Å²) < 4.78 is 20.7. The average Bonchev–Trinajstić information content (AvgIpc) is 3.67. The summed E-state index contributed by atoms with van der Waals surface area (Å²) in [5.74, 6) is 0.273. The summed E-state index contributed by atoms with van der Waals surface area (Å²) in [4.78, 5) is 29.8. The van der Waals surface area contributed by atoms with Crippen LogP contribution >= 0.6 is 23.2 Å². The second-order valence-corrected chi connectivity index (χ2v) is 10.4. The summed E-state index contributed by atoms with van der Waals surface area (Å²) in [7, 11) is 0. The van der Waals surface area contributed by atoms with Gasteiger partial charge in [-0.25, -0.2) is 15.0 Å². The number of nitrogens with zero attached hydrogens (tertiary/aromatic N) is 6. The van der Waals surface area contributed by atoms with Gasteiger partial charge >= 0.3 is 0 Å². The third kappa shape index (κ3) is 12.5. The molecule has 0 unspecified atom stereocenters. The lowest BCUT2D eigenvalue weighted by molar-refractivity contribution is -0.742. The quantitative estimate of drug-likeness (QED) is 0.110. The fourth-order valence-electron chi connectivity index (χ4n) is 4.27. The van der Waals surface area contributed by atoms with Crippen LogP contribution in [0.2, 0.25) is 10.0 Å². The van der Waals surface area contributed by atoms with Crippen LogP contribution < -0.4 is 10.1 Å². The number of benzene rings is 2. The van der Waals surface area contributed by atoms with Crippen LogP contribution in [0.1, 0.15) is 25.3 Å². The zero-order valence-electron chi connectivity index (χ0n) is 24.9. The lowest BCUT2D eigenvalue weighted by Gasteiger charge is -2.30. The Kier molecular flexibility index (Phi) is 15.5. The SMILES string of the molecule is CCCCNc1nccc(-c2ccc(OC[C@@H]3CO[C@@](Cn4ccnc4)(c4ccc(Cl)cc4Cl)O3)cc2)n1.O.O=[N+]([O-])O.O=[N+]([O-])O. The molecule has 17 nitrogen and oxygen atoms in total. The molecule has 5 rings (SSSR count). The Balaban J connectivity index is 0.000000769. The van der Waals surface area contributed by atoms with E-state index >= 15 is 0 Å². The van der Waals surface area contributed by atoms with Gasteiger partial charge in [0.1, 0.15) is 18.5 Å². The molecule has 1 aliphatic rings. The van der Waals surface area contributed by atoms with E-state index in [1.807, 2.05) is 47.2 Å². The molecule has 1 saturated heterocycles. The van der Waals surface area contributed by atoms with Gasteiger partial charge in [-0.2, -0.15) is 0 Å². The predicted octanol–water partition coefficient (Wildman–Crippen LogP) is 4.69. The maximum Gasteiger partial charge on any atom is 0.291 e. The van der Waals surface area contributed by atoms with Crippen LogP contribution in [0, 0.1) is 20.2 Å². The molecule has 254 valence electrons. The molecule has 19 heteroatoms. The van der Waals surface area contributed by atoms with Gasteiger partial charge in [0.25, 0.3) is 10.2 Å². The van der Waals surface area contributed by atoms with Crippen molar-refractivity contribution in [3.8, 4) is 17.0 Å². The zero-order chi connectivity index (χ0) is 33.5. The van der Waals surface area contributed by atoms with Gasteiger partial charge in [0, 0.05) is 41.3 Å². The number of halogens is 2. The predicted molar refractivity (Wildman–Crippen MR) is 169 cm³/mol. The number of imidazole rings is 1. The minimum absolute atomic E-state index is 0. The Morgan fingerprint density at radius 2 is 1.81 bits per heavy atom. The molecule has 3 heterocycles. The highest BCUT2D eigenvalue weighted by molar-refractivity contribution is 6.35. The lowest BCUT2D eigenvalue weighted by Crippen LogP contribution is -2.34. The molecular formula is C28H33Cl2N7O10. The molecule has 2 aromatic heterocycles. The Hall–Kier alpha value is -4.81. The Labute approximate surface area is 278 Å². The molecule has 4 aromatic rings. The standard InChI is InChI=1S/C28H29Cl2N5O3.2HNO3.H2O/c1-2-3-11-32-27-33-12-10-26(34-27)20-4-7-22(8-5-20)36-16-23-17-37-28(38-23,18-35-14-13-31-19-35)24-9-6-21(29)15-25(24)30;2*2-1(3)4;/h4-10,12-15,19,23H,2-3,11,16-18H2,1H3,(H,32,33,34);2*(H,2,3,4);1H2/t23-,28-;;;/m1.../s1. The van der Waals surface area contributed by atoms with Crippen molar-refractivity contribution in [1.82, 2.24) is 19.5 Å². The van der Waals surface area contributed by atoms with Crippen molar-refractivity contribution < 1.29 is 40.3 Å². The van der Waals surface area contributed by atoms with E-state index in [0.717, 1.165) is 36.4 Å². The number of hydrogen-bond acceptors (Lipinski definition) is 11. The van der Waals surface area contributed by atoms with Crippen molar-refractivity contribution in [1.29, 1.82) is 0 Å². The summed E-state index contributed by atoms with van der Waals surface area (Å²) in [6.45, 7) is 4.05. The lowest BCUT2D eigenvalue weighted by atomic mass is 10.1. The Bertz CT molecular complexity index is 1530. The minimum Gasteiger partial charge on any atom is -0.491 e. The van der Waals surface area contributed by atoms with Crippen LogP contribution in [0.25, 0.3) is 11.3 Å². The zero-order valence-corrected chi connectivity index (χ0v) is 26.5. The summed E-state index contributed by atoms with van der Waals surface area (Å²) in [5.41, 5.74) is 2.54. The molecule has 1 fully saturated rings. The number of hydrogen-bond donors (Lipinski definition) is 3. The van der Waals surface area contributed by atoms with E-state index < -0.39 is 16.0 Å². The van der Waals surface area contributed by atoms with E-state index in [1.54, 1.807) is 30.9 Å². The summed E-state index contributed by atoms with van der Waals surface area (Å²) in [6.07, 6.45) is 8.93. The number of aromatic nitrogens is 4. The first kappa shape index (κ1) is 38.4. The molecular weight excluding hydrogens is 665 g/mol. The van der Waals surface area contributed by atoms with Gasteiger partial charge in [0.2, 0.25) is 11.7 Å². The van der Waals surface area contributed by atoms with E-state index in [2.05, 4.69) is 27.2 Å². The van der Waals surface area contributed by atoms with Crippen molar-refractivity contribution in [3.63, 3.8) is 0 Å². The van der Waals surface area contributed by atoms with Crippen molar-refractivity contribution >= 4 is 29.2 Å². The van der Waals surface area contributed by atoms with Gasteiger partial charge < -0.3 is 40.0 Å². The van der Waals surface area contributed by atoms with Crippen molar-refractivity contribution in [2.75, 3.05) is 25.1 Å². The first-order valence-corrected chi connectivity index (χ1v) is 14.5. The van der Waals surface area contributed by atoms with Crippen LogP contribution in [0.15, 0.2) is 73.4 Å². The number of nitrogens with one attached hydrogen (secondary N) is 1. The molecule has 0 bridgehead atoms. The molecule has 0 spiro atoms. The number of rotatable bonds is 11. The molecule has 0 aliphatic carbocycles. The van der Waals surface area contributed by atoms with Crippen LogP contribution in [-0.4, -0.2) is 71.4 Å². The normalized spacial score (nSPS) is 16.4. The van der Waals surface area contributed by atoms with Gasteiger partial charge in [-0.1, -0.05) is 42.6 Å². The van der Waals surface area contributed by atoms with E-state index in [-0.39, 0.29) is 11.6 Å². The monoisotopic (exact) mass is 697 g/mol. The van der Waals surface area contributed by atoms with Crippen molar-refractivity contribution in [2.24, 2.45) is 0 Å². The van der Waals surface area contributed by atoms with Crippen LogP contribution in [-0.2, 0) is 21.8 Å². The summed E-state index contributed by atoms with van der Waals surface area (Å²) in [5, 5.41) is 31.6. The molecule has 0 saturated carbocycles. The highest BCUT2D eigenvalue weighted by Crippen LogP contribution is 2.40. The first-order chi connectivity index (χ1) is 22.0. The Morgan fingerprint density at radius 3 is 2.43 bits per heavy atom. The Morgan fingerprint density at radius 1 is 1.11 bits per heavy atom. The largest absolute Gasteiger partial charge is 0.491 e. The first-order valence-electron chi connectivity index (χ1n) is 13.7. The van der Waals surface area contributed by atoms with Crippen molar-refractivity contribution in [2.45, 2.75) is 38.2 Å². The molecule has 2 aromatic carbocycles. The third-order valence-corrected chi connectivity index (χ3v) is 6.75. The van der Waals surface area contributed by atoms with Gasteiger partial charge in [0.15, 0.2) is 0 Å². The number of anilines is 1. The van der Waals surface area contributed by atoms with E-state index in [0.29, 0.717) is 41.3 Å². The van der Waals surface area contributed by atoms with Crippen LogP contribution in [0.4, 0.5) is 5.95 Å². The van der Waals surface area contributed by atoms with E-state index in [9.17, 15) is 0 Å². The molecule has 1 aliphatic heterocycles. The second-order valence-electron chi connectivity index (χ2n) is 9.52. The number of ether oxygens (including phenoxy) is 3. The highest BCUT2D eigenvalue weighted by Gasteiger charge is 2.45. The fraction of sp³-hybridized carbons (Fsp3) is 0.321. The molecule has 47 heavy (non-hydrogen) atoms. The van der Waals surface area contributed by atoms with E-state index in [1.165, 1.54) is 0 Å². The van der Waals surface area contributed by atoms with Crippen LogP contribution in [0.5, 0.6) is 5.75 Å². The molecule has 0 amide bonds. The summed E-state index contributed by atoms with van der Waals surface area (Å²) in [6, 6.07) is 15.0.